The Hall–Kier alpha value is -3.21. The van der Waals surface area contributed by atoms with Crippen molar-refractivity contribution >= 4 is 5.97 Å². The second-order valence-corrected chi connectivity index (χ2v) is 5.04. The number of esters is 1. The van der Waals surface area contributed by atoms with Gasteiger partial charge in [-0.3, -0.25) is 0 Å². The van der Waals surface area contributed by atoms with Gasteiger partial charge < -0.3 is 9.47 Å². The minimum Gasteiger partial charge on any atom is -0.497 e. The van der Waals surface area contributed by atoms with Crippen molar-refractivity contribution in [3.8, 4) is 28.4 Å². The normalized spacial score (nSPS) is 10.2. The molecule has 2 aromatic carbocycles. The largest absolute Gasteiger partial charge is 0.497 e. The number of benzene rings is 2. The minimum absolute atomic E-state index is 0.322. The van der Waals surface area contributed by atoms with Crippen molar-refractivity contribution in [1.29, 1.82) is 0 Å². The van der Waals surface area contributed by atoms with Crippen molar-refractivity contribution in [2.24, 2.45) is 0 Å². The van der Waals surface area contributed by atoms with Crippen LogP contribution in [0, 0.1) is 0 Å². The van der Waals surface area contributed by atoms with Gasteiger partial charge in [-0.15, -0.1) is 0 Å². The summed E-state index contributed by atoms with van der Waals surface area (Å²) in [6.07, 6.45) is 1.50. The lowest BCUT2D eigenvalue weighted by Gasteiger charge is -2.10. The lowest BCUT2D eigenvalue weighted by molar-refractivity contribution is 0.0601. The van der Waals surface area contributed by atoms with Crippen LogP contribution in [0.25, 0.3) is 22.6 Å². The third-order valence-corrected chi connectivity index (χ3v) is 3.59. The maximum absolute atomic E-state index is 12.1. The van der Waals surface area contributed by atoms with Gasteiger partial charge in [0, 0.05) is 17.3 Å². The van der Waals surface area contributed by atoms with Crippen LogP contribution in [0.15, 0.2) is 60.8 Å². The first-order chi connectivity index (χ1) is 11.7. The molecule has 0 bridgehead atoms. The second kappa shape index (κ2) is 6.91. The van der Waals surface area contributed by atoms with Gasteiger partial charge >= 0.3 is 5.97 Å². The van der Waals surface area contributed by atoms with Crippen molar-refractivity contribution in [3.63, 3.8) is 0 Å². The molecular formula is C19H16N2O3. The van der Waals surface area contributed by atoms with Gasteiger partial charge in [0.15, 0.2) is 5.82 Å². The first-order valence-electron chi connectivity index (χ1n) is 7.38. The summed E-state index contributed by atoms with van der Waals surface area (Å²) in [5.74, 6) is 0.810. The lowest BCUT2D eigenvalue weighted by atomic mass is 10.1. The molecule has 0 spiro atoms. The molecule has 0 radical (unpaired) electrons. The fraction of sp³-hybridized carbons (Fsp3) is 0.105. The average Bonchev–Trinajstić information content (AvgIpc) is 2.67. The van der Waals surface area contributed by atoms with Crippen LogP contribution >= 0.6 is 0 Å². The van der Waals surface area contributed by atoms with Crippen molar-refractivity contribution in [1.82, 2.24) is 9.97 Å². The Morgan fingerprint density at radius 1 is 0.917 bits per heavy atom. The molecule has 0 saturated heterocycles. The van der Waals surface area contributed by atoms with Crippen LogP contribution in [0.2, 0.25) is 0 Å². The van der Waals surface area contributed by atoms with E-state index in [0.29, 0.717) is 17.1 Å². The van der Waals surface area contributed by atoms with E-state index in [1.165, 1.54) is 13.3 Å². The van der Waals surface area contributed by atoms with E-state index in [0.717, 1.165) is 16.9 Å². The molecule has 5 nitrogen and oxygen atoms in total. The SMILES string of the molecule is COC(=O)c1cnc(-c2ccccc2)nc1-c1ccc(OC)cc1. The predicted molar refractivity (Wildman–Crippen MR) is 90.8 cm³/mol. The number of hydrogen-bond acceptors (Lipinski definition) is 5. The highest BCUT2D eigenvalue weighted by Gasteiger charge is 2.17. The number of carbonyl (C=O) groups is 1. The molecule has 120 valence electrons. The Balaban J connectivity index is 2.13. The van der Waals surface area contributed by atoms with Crippen molar-refractivity contribution in [2.45, 2.75) is 0 Å². The van der Waals surface area contributed by atoms with Gasteiger partial charge in [-0.1, -0.05) is 30.3 Å². The van der Waals surface area contributed by atoms with Crippen LogP contribution in [-0.4, -0.2) is 30.2 Å². The van der Waals surface area contributed by atoms with Gasteiger partial charge in [-0.25, -0.2) is 14.8 Å². The molecule has 0 N–H and O–H groups in total. The molecular weight excluding hydrogens is 304 g/mol. The van der Waals surface area contributed by atoms with Crippen molar-refractivity contribution in [2.75, 3.05) is 14.2 Å². The zero-order valence-electron chi connectivity index (χ0n) is 13.4. The Labute approximate surface area is 139 Å². The molecule has 0 amide bonds. The Kier molecular flexibility index (Phi) is 4.52. The summed E-state index contributed by atoms with van der Waals surface area (Å²) >= 11 is 0. The van der Waals surface area contributed by atoms with Crippen LogP contribution in [0.4, 0.5) is 0 Å². The van der Waals surface area contributed by atoms with E-state index < -0.39 is 5.97 Å². The molecule has 0 saturated carbocycles. The smallest absolute Gasteiger partial charge is 0.341 e. The number of hydrogen-bond donors (Lipinski definition) is 0. The summed E-state index contributed by atoms with van der Waals surface area (Å²) in [4.78, 5) is 20.9. The number of ether oxygens (including phenoxy) is 2. The van der Waals surface area contributed by atoms with E-state index in [1.54, 1.807) is 7.11 Å². The van der Waals surface area contributed by atoms with Crippen LogP contribution < -0.4 is 4.74 Å². The summed E-state index contributed by atoms with van der Waals surface area (Å²) in [5, 5.41) is 0. The number of nitrogens with zero attached hydrogens (tertiary/aromatic N) is 2. The Morgan fingerprint density at radius 3 is 2.25 bits per heavy atom. The number of carbonyl (C=O) groups excluding carboxylic acids is 1. The molecule has 0 unspecified atom stereocenters. The van der Waals surface area contributed by atoms with Gasteiger partial charge in [0.05, 0.1) is 19.9 Å². The minimum atomic E-state index is -0.472. The molecule has 0 fully saturated rings. The zero-order valence-corrected chi connectivity index (χ0v) is 13.4. The van der Waals surface area contributed by atoms with Gasteiger partial charge in [0.25, 0.3) is 0 Å². The molecule has 1 aromatic heterocycles. The van der Waals surface area contributed by atoms with E-state index in [4.69, 9.17) is 9.47 Å². The molecule has 3 aromatic rings. The predicted octanol–water partition coefficient (Wildman–Crippen LogP) is 3.61. The third-order valence-electron chi connectivity index (χ3n) is 3.59. The first-order valence-corrected chi connectivity index (χ1v) is 7.38. The molecule has 0 atom stereocenters. The first kappa shape index (κ1) is 15.7. The summed E-state index contributed by atoms with van der Waals surface area (Å²) < 4.78 is 10.0. The van der Waals surface area contributed by atoms with Crippen LogP contribution in [0.3, 0.4) is 0 Å². The number of methoxy groups -OCH3 is 2. The van der Waals surface area contributed by atoms with E-state index in [-0.39, 0.29) is 0 Å². The van der Waals surface area contributed by atoms with Crippen molar-refractivity contribution in [3.05, 3.63) is 66.4 Å². The quantitative estimate of drug-likeness (QED) is 0.687. The highest BCUT2D eigenvalue weighted by molar-refractivity contribution is 5.96. The molecule has 0 aliphatic rings. The third kappa shape index (κ3) is 3.10. The summed E-state index contributed by atoms with van der Waals surface area (Å²) in [7, 11) is 2.94. The van der Waals surface area contributed by atoms with Gasteiger partial charge in [-0.2, -0.15) is 0 Å². The molecule has 0 aliphatic heterocycles. The fourth-order valence-electron chi connectivity index (χ4n) is 2.34. The Morgan fingerprint density at radius 2 is 1.62 bits per heavy atom. The number of aromatic nitrogens is 2. The molecule has 5 heteroatoms. The topological polar surface area (TPSA) is 61.3 Å². The Bertz CT molecular complexity index is 846. The monoisotopic (exact) mass is 320 g/mol. The van der Waals surface area contributed by atoms with E-state index in [1.807, 2.05) is 54.6 Å². The van der Waals surface area contributed by atoms with Crippen LogP contribution in [-0.2, 0) is 4.74 Å². The lowest BCUT2D eigenvalue weighted by Crippen LogP contribution is -2.07. The molecule has 0 aliphatic carbocycles. The highest BCUT2D eigenvalue weighted by atomic mass is 16.5. The summed E-state index contributed by atoms with van der Waals surface area (Å²) in [5.41, 5.74) is 2.51. The summed E-state index contributed by atoms with van der Waals surface area (Å²) in [6.45, 7) is 0. The van der Waals surface area contributed by atoms with Crippen molar-refractivity contribution < 1.29 is 14.3 Å². The van der Waals surface area contributed by atoms with Crippen LogP contribution in [0.1, 0.15) is 10.4 Å². The standard InChI is InChI=1S/C19H16N2O3/c1-23-15-10-8-13(9-11-15)17-16(19(22)24-2)12-20-18(21-17)14-6-4-3-5-7-14/h3-12H,1-2H3. The fourth-order valence-corrected chi connectivity index (χ4v) is 2.34. The zero-order chi connectivity index (χ0) is 16.9. The van der Waals surface area contributed by atoms with Crippen LogP contribution in [0.5, 0.6) is 5.75 Å². The van der Waals surface area contributed by atoms with E-state index >= 15 is 0 Å². The highest BCUT2D eigenvalue weighted by Crippen LogP contribution is 2.26. The van der Waals surface area contributed by atoms with E-state index in [9.17, 15) is 4.79 Å². The van der Waals surface area contributed by atoms with Gasteiger partial charge in [0.2, 0.25) is 0 Å². The van der Waals surface area contributed by atoms with E-state index in [2.05, 4.69) is 9.97 Å². The van der Waals surface area contributed by atoms with Gasteiger partial charge in [-0.05, 0) is 24.3 Å². The maximum atomic E-state index is 12.1. The maximum Gasteiger partial charge on any atom is 0.341 e. The van der Waals surface area contributed by atoms with Gasteiger partial charge in [0.1, 0.15) is 11.3 Å². The molecule has 3 rings (SSSR count). The molecule has 1 heterocycles. The summed E-state index contributed by atoms with van der Waals surface area (Å²) in [6, 6.07) is 16.9. The second-order valence-electron chi connectivity index (χ2n) is 5.04. The average molecular weight is 320 g/mol. The molecule has 24 heavy (non-hydrogen) atoms. The number of rotatable bonds is 4.